The van der Waals surface area contributed by atoms with Gasteiger partial charge >= 0.3 is 0 Å². The predicted octanol–water partition coefficient (Wildman–Crippen LogP) is 1.43. The molecule has 0 aromatic heterocycles. The van der Waals surface area contributed by atoms with E-state index >= 15 is 0 Å². The van der Waals surface area contributed by atoms with E-state index in [1.54, 1.807) is 0 Å². The maximum atomic E-state index is 11.2. The minimum absolute atomic E-state index is 0.0259. The van der Waals surface area contributed by atoms with Crippen LogP contribution in [0.4, 0.5) is 0 Å². The molecule has 0 saturated carbocycles. The second kappa shape index (κ2) is 4.22. The molecule has 0 amide bonds. The fourth-order valence-electron chi connectivity index (χ4n) is 0.979. The molecule has 78 valence electrons. The van der Waals surface area contributed by atoms with Crippen LogP contribution in [0, 0.1) is 5.41 Å². The molecule has 0 N–H and O–H groups in total. The fraction of sp³-hybridized carbons (Fsp3) is 0.889. The molecule has 0 aliphatic heterocycles. The zero-order valence-electron chi connectivity index (χ0n) is 8.75. The highest BCUT2D eigenvalue weighted by Crippen LogP contribution is 2.19. The number of hydrogen-bond acceptors (Lipinski definition) is 3. The van der Waals surface area contributed by atoms with Crippen molar-refractivity contribution in [1.29, 1.82) is 0 Å². The van der Waals surface area contributed by atoms with E-state index in [1.165, 1.54) is 0 Å². The molecular weight excluding hydrogens is 188 g/mol. The number of sulfone groups is 1. The third-order valence-electron chi connectivity index (χ3n) is 1.48. The maximum Gasteiger partial charge on any atom is 0.147 e. The number of ketones is 1. The number of hydrogen-bond donors (Lipinski definition) is 0. The number of rotatable bonds is 4. The standard InChI is InChI=1S/C9H18O3S/c1-9(2,3)7-8(10)5-6-13(4,11)12/h5-7H2,1-4H3. The third-order valence-corrected chi connectivity index (χ3v) is 2.42. The molecule has 0 atom stereocenters. The highest BCUT2D eigenvalue weighted by atomic mass is 32.2. The van der Waals surface area contributed by atoms with Crippen LogP contribution in [0.15, 0.2) is 0 Å². The van der Waals surface area contributed by atoms with Gasteiger partial charge in [0.15, 0.2) is 0 Å². The Morgan fingerprint density at radius 3 is 2.00 bits per heavy atom. The van der Waals surface area contributed by atoms with Gasteiger partial charge in [0.2, 0.25) is 0 Å². The van der Waals surface area contributed by atoms with Crippen LogP contribution in [0.3, 0.4) is 0 Å². The molecule has 0 radical (unpaired) electrons. The highest BCUT2D eigenvalue weighted by molar-refractivity contribution is 7.90. The molecule has 3 nitrogen and oxygen atoms in total. The molecule has 0 heterocycles. The van der Waals surface area contributed by atoms with Crippen LogP contribution in [0.2, 0.25) is 0 Å². The Hall–Kier alpha value is -0.380. The average Bonchev–Trinajstić information content (AvgIpc) is 1.78. The molecule has 0 aromatic rings. The van der Waals surface area contributed by atoms with E-state index in [0.29, 0.717) is 6.42 Å². The van der Waals surface area contributed by atoms with Crippen molar-refractivity contribution >= 4 is 15.6 Å². The molecule has 0 aliphatic carbocycles. The van der Waals surface area contributed by atoms with Crippen LogP contribution >= 0.6 is 0 Å². The molecule has 0 bridgehead atoms. The van der Waals surface area contributed by atoms with Crippen LogP contribution in [0.1, 0.15) is 33.6 Å². The summed E-state index contributed by atoms with van der Waals surface area (Å²) in [6, 6.07) is 0. The van der Waals surface area contributed by atoms with Gasteiger partial charge in [0.25, 0.3) is 0 Å². The van der Waals surface area contributed by atoms with Crippen molar-refractivity contribution in [2.75, 3.05) is 12.0 Å². The summed E-state index contributed by atoms with van der Waals surface area (Å²) in [5, 5.41) is 0. The summed E-state index contributed by atoms with van der Waals surface area (Å²) in [6.07, 6.45) is 1.75. The Morgan fingerprint density at radius 1 is 1.23 bits per heavy atom. The largest absolute Gasteiger partial charge is 0.300 e. The maximum absolute atomic E-state index is 11.2. The Bertz CT molecular complexity index is 270. The summed E-state index contributed by atoms with van der Waals surface area (Å²) in [4.78, 5) is 11.2. The molecule has 0 saturated heterocycles. The first-order chi connectivity index (χ1) is 5.60. The van der Waals surface area contributed by atoms with Gasteiger partial charge < -0.3 is 0 Å². The zero-order valence-corrected chi connectivity index (χ0v) is 9.57. The SMILES string of the molecule is CC(C)(C)CC(=O)CCS(C)(=O)=O. The van der Waals surface area contributed by atoms with E-state index in [-0.39, 0.29) is 23.4 Å². The molecule has 0 aromatic carbocycles. The Labute approximate surface area is 80.4 Å². The Kier molecular flexibility index (Phi) is 4.10. The third kappa shape index (κ3) is 9.53. The van der Waals surface area contributed by atoms with Gasteiger partial charge in [0.1, 0.15) is 15.6 Å². The van der Waals surface area contributed by atoms with Crippen LogP contribution in [-0.2, 0) is 14.6 Å². The lowest BCUT2D eigenvalue weighted by atomic mass is 9.89. The number of carbonyl (C=O) groups excluding carboxylic acids is 1. The number of carbonyl (C=O) groups is 1. The first kappa shape index (κ1) is 12.6. The van der Waals surface area contributed by atoms with Crippen LogP contribution < -0.4 is 0 Å². The van der Waals surface area contributed by atoms with Gasteiger partial charge in [-0.15, -0.1) is 0 Å². The second-order valence-corrected chi connectivity index (χ2v) is 6.92. The summed E-state index contributed by atoms with van der Waals surface area (Å²) in [5.41, 5.74) is -0.0470. The Balaban J connectivity index is 3.92. The van der Waals surface area contributed by atoms with E-state index in [0.717, 1.165) is 6.26 Å². The van der Waals surface area contributed by atoms with Gasteiger partial charge in [-0.2, -0.15) is 0 Å². The van der Waals surface area contributed by atoms with E-state index in [2.05, 4.69) is 0 Å². The fourth-order valence-corrected chi connectivity index (χ4v) is 1.58. The van der Waals surface area contributed by atoms with Crippen molar-refractivity contribution < 1.29 is 13.2 Å². The van der Waals surface area contributed by atoms with Gasteiger partial charge in [-0.3, -0.25) is 4.79 Å². The van der Waals surface area contributed by atoms with Crippen molar-refractivity contribution in [2.45, 2.75) is 33.6 Å². The average molecular weight is 206 g/mol. The predicted molar refractivity (Wildman–Crippen MR) is 53.4 cm³/mol. The molecule has 0 spiro atoms. The highest BCUT2D eigenvalue weighted by Gasteiger charge is 2.16. The van der Waals surface area contributed by atoms with Gasteiger partial charge in [0.05, 0.1) is 5.75 Å². The van der Waals surface area contributed by atoms with Crippen LogP contribution in [0.5, 0.6) is 0 Å². The summed E-state index contributed by atoms with van der Waals surface area (Å²) in [7, 11) is -3.00. The first-order valence-electron chi connectivity index (χ1n) is 4.30. The molecule has 4 heteroatoms. The summed E-state index contributed by atoms with van der Waals surface area (Å²) < 4.78 is 21.5. The number of Topliss-reactive ketones (excluding diaryl/α,β-unsaturated/α-hetero) is 1. The smallest absolute Gasteiger partial charge is 0.147 e. The summed E-state index contributed by atoms with van der Waals surface area (Å²) in [5.74, 6) is -0.0000231. The summed E-state index contributed by atoms with van der Waals surface area (Å²) >= 11 is 0. The van der Waals surface area contributed by atoms with Gasteiger partial charge in [-0.1, -0.05) is 20.8 Å². The minimum Gasteiger partial charge on any atom is -0.300 e. The van der Waals surface area contributed by atoms with E-state index in [1.807, 2.05) is 20.8 Å². The van der Waals surface area contributed by atoms with Gasteiger partial charge in [-0.25, -0.2) is 8.42 Å². The zero-order chi connectivity index (χ0) is 10.7. The van der Waals surface area contributed by atoms with Crippen molar-refractivity contribution in [3.8, 4) is 0 Å². The lowest BCUT2D eigenvalue weighted by Gasteiger charge is -2.16. The summed E-state index contributed by atoms with van der Waals surface area (Å²) in [6.45, 7) is 5.89. The van der Waals surface area contributed by atoms with Crippen LogP contribution in [-0.4, -0.2) is 26.2 Å². The molecule has 0 fully saturated rings. The van der Waals surface area contributed by atoms with E-state index < -0.39 is 9.84 Å². The van der Waals surface area contributed by atoms with Crippen molar-refractivity contribution in [3.63, 3.8) is 0 Å². The second-order valence-electron chi connectivity index (χ2n) is 4.66. The van der Waals surface area contributed by atoms with Crippen molar-refractivity contribution in [3.05, 3.63) is 0 Å². The lowest BCUT2D eigenvalue weighted by Crippen LogP contribution is -2.16. The van der Waals surface area contributed by atoms with Gasteiger partial charge in [-0.05, 0) is 5.41 Å². The normalized spacial score (nSPS) is 12.9. The van der Waals surface area contributed by atoms with Gasteiger partial charge in [0, 0.05) is 19.1 Å². The molecule has 0 unspecified atom stereocenters. The van der Waals surface area contributed by atoms with Crippen molar-refractivity contribution in [1.82, 2.24) is 0 Å². The molecule has 13 heavy (non-hydrogen) atoms. The quantitative estimate of drug-likeness (QED) is 0.699. The first-order valence-corrected chi connectivity index (χ1v) is 6.36. The topological polar surface area (TPSA) is 51.2 Å². The monoisotopic (exact) mass is 206 g/mol. The van der Waals surface area contributed by atoms with Crippen LogP contribution in [0.25, 0.3) is 0 Å². The molecule has 0 rings (SSSR count). The lowest BCUT2D eigenvalue weighted by molar-refractivity contribution is -0.120. The molecule has 0 aliphatic rings. The Morgan fingerprint density at radius 2 is 1.69 bits per heavy atom. The minimum atomic E-state index is -3.00. The molecular formula is C9H18O3S. The van der Waals surface area contributed by atoms with E-state index in [9.17, 15) is 13.2 Å². The van der Waals surface area contributed by atoms with E-state index in [4.69, 9.17) is 0 Å². The van der Waals surface area contributed by atoms with Crippen molar-refractivity contribution in [2.24, 2.45) is 5.41 Å².